The van der Waals surface area contributed by atoms with Crippen LogP contribution in [0.3, 0.4) is 0 Å². The number of carbonyl (C=O) groups excluding carboxylic acids is 3. The largest absolute Gasteiger partial charge is 0.474 e. The number of ether oxygens (including phenoxy) is 4. The SMILES string of the molecule is CC(=O)O[C@@H]1[C@@H](OC(C)=O)[C@H](OC(C)=O)CS[C@H]1Oc1ccc(-c2c(C)nn(C)c2C)nc1. The van der Waals surface area contributed by atoms with E-state index in [-0.39, 0.29) is 0 Å². The molecule has 0 saturated carbocycles. The number of esters is 3. The summed E-state index contributed by atoms with van der Waals surface area (Å²) in [5.74, 6) is -0.960. The fourth-order valence-electron chi connectivity index (χ4n) is 3.69. The molecule has 1 aliphatic heterocycles. The van der Waals surface area contributed by atoms with Crippen LogP contribution in [-0.2, 0) is 35.6 Å². The van der Waals surface area contributed by atoms with Gasteiger partial charge in [0, 0.05) is 44.8 Å². The molecule has 0 amide bonds. The highest BCUT2D eigenvalue weighted by Crippen LogP contribution is 2.34. The monoisotopic (exact) mass is 477 g/mol. The van der Waals surface area contributed by atoms with Crippen molar-refractivity contribution in [3.8, 4) is 17.0 Å². The van der Waals surface area contributed by atoms with Gasteiger partial charge in [-0.25, -0.2) is 0 Å². The van der Waals surface area contributed by atoms with Crippen molar-refractivity contribution in [3.05, 3.63) is 29.7 Å². The summed E-state index contributed by atoms with van der Waals surface area (Å²) in [6, 6.07) is 3.59. The van der Waals surface area contributed by atoms with Crippen molar-refractivity contribution < 1.29 is 33.3 Å². The first kappa shape index (κ1) is 24.6. The zero-order valence-electron chi connectivity index (χ0n) is 19.4. The van der Waals surface area contributed by atoms with E-state index < -0.39 is 41.7 Å². The molecule has 3 rings (SSSR count). The predicted molar refractivity (Wildman–Crippen MR) is 119 cm³/mol. The summed E-state index contributed by atoms with van der Waals surface area (Å²) in [6.07, 6.45) is -1.20. The van der Waals surface area contributed by atoms with Crippen molar-refractivity contribution in [3.63, 3.8) is 0 Å². The number of hydrogen-bond acceptors (Lipinski definition) is 10. The van der Waals surface area contributed by atoms with Gasteiger partial charge < -0.3 is 18.9 Å². The van der Waals surface area contributed by atoms with Crippen molar-refractivity contribution in [2.75, 3.05) is 5.75 Å². The van der Waals surface area contributed by atoms with E-state index in [0.29, 0.717) is 11.5 Å². The van der Waals surface area contributed by atoms with Crippen LogP contribution in [0.5, 0.6) is 5.75 Å². The topological polar surface area (TPSA) is 119 Å². The van der Waals surface area contributed by atoms with Crippen LogP contribution >= 0.6 is 11.8 Å². The van der Waals surface area contributed by atoms with Crippen LogP contribution in [0.4, 0.5) is 0 Å². The summed E-state index contributed by atoms with van der Waals surface area (Å²) in [7, 11) is 1.88. The van der Waals surface area contributed by atoms with Gasteiger partial charge in [0.15, 0.2) is 23.7 Å². The summed E-state index contributed by atoms with van der Waals surface area (Å²) in [5.41, 5.74) is 2.86. The molecule has 0 bridgehead atoms. The van der Waals surface area contributed by atoms with E-state index in [1.807, 2.05) is 27.0 Å². The molecule has 0 N–H and O–H groups in total. The van der Waals surface area contributed by atoms with Crippen molar-refractivity contribution in [1.29, 1.82) is 0 Å². The van der Waals surface area contributed by atoms with Crippen molar-refractivity contribution in [2.45, 2.75) is 58.4 Å². The maximum Gasteiger partial charge on any atom is 0.303 e. The molecular weight excluding hydrogens is 450 g/mol. The molecule has 10 nitrogen and oxygen atoms in total. The highest BCUT2D eigenvalue weighted by molar-refractivity contribution is 7.99. The van der Waals surface area contributed by atoms with E-state index in [1.54, 1.807) is 16.9 Å². The maximum absolute atomic E-state index is 11.8. The van der Waals surface area contributed by atoms with Gasteiger partial charge >= 0.3 is 17.9 Å². The number of aryl methyl sites for hydroxylation is 2. The van der Waals surface area contributed by atoms with E-state index in [4.69, 9.17) is 18.9 Å². The average molecular weight is 478 g/mol. The molecule has 2 aromatic rings. The number of carbonyl (C=O) groups is 3. The van der Waals surface area contributed by atoms with Crippen molar-refractivity contribution >= 4 is 29.7 Å². The highest BCUT2D eigenvalue weighted by atomic mass is 32.2. The molecule has 3 heterocycles. The molecule has 4 atom stereocenters. The summed E-state index contributed by atoms with van der Waals surface area (Å²) >= 11 is 1.29. The van der Waals surface area contributed by atoms with Crippen LogP contribution in [0, 0.1) is 13.8 Å². The van der Waals surface area contributed by atoms with Gasteiger partial charge in [-0.05, 0) is 26.0 Å². The Bertz CT molecular complexity index is 1040. The molecule has 0 unspecified atom stereocenters. The van der Waals surface area contributed by atoms with Gasteiger partial charge in [-0.15, -0.1) is 11.8 Å². The summed E-state index contributed by atoms with van der Waals surface area (Å²) in [5, 5.41) is 4.42. The zero-order chi connectivity index (χ0) is 24.3. The number of thioether (sulfide) groups is 1. The minimum absolute atomic E-state index is 0.291. The van der Waals surface area contributed by atoms with Crippen LogP contribution < -0.4 is 4.74 Å². The van der Waals surface area contributed by atoms with Gasteiger partial charge in [0.1, 0.15) is 5.75 Å². The fourth-order valence-corrected chi connectivity index (χ4v) is 4.90. The third-order valence-corrected chi connectivity index (χ3v) is 6.27. The quantitative estimate of drug-likeness (QED) is 0.453. The Balaban J connectivity index is 1.83. The molecule has 1 fully saturated rings. The summed E-state index contributed by atoms with van der Waals surface area (Å²) in [4.78, 5) is 39.5. The molecule has 33 heavy (non-hydrogen) atoms. The average Bonchev–Trinajstić information content (AvgIpc) is 2.97. The Morgan fingerprint density at radius 3 is 2.15 bits per heavy atom. The van der Waals surface area contributed by atoms with Gasteiger partial charge in [-0.2, -0.15) is 5.10 Å². The number of hydrogen-bond donors (Lipinski definition) is 0. The molecule has 1 saturated heterocycles. The Hall–Kier alpha value is -3.08. The minimum Gasteiger partial charge on any atom is -0.474 e. The maximum atomic E-state index is 11.8. The smallest absolute Gasteiger partial charge is 0.303 e. The Labute approximate surface area is 195 Å². The third kappa shape index (κ3) is 5.84. The lowest BCUT2D eigenvalue weighted by Gasteiger charge is -2.39. The van der Waals surface area contributed by atoms with E-state index >= 15 is 0 Å². The van der Waals surface area contributed by atoms with Crippen LogP contribution in [0.1, 0.15) is 32.2 Å². The standard InChI is InChI=1S/C22H27N3O7S/c1-11-19(12(2)25(6)24-11)17-8-7-16(9-23-17)32-22-21(31-15(5)28)20(30-14(4)27)18(10-33-22)29-13(3)26/h7-9,18,20-22H,10H2,1-6H3/t18-,20+,21-,22-/m1/s1. The fraction of sp³-hybridized carbons (Fsp3) is 0.500. The normalized spacial score (nSPS) is 22.4. The zero-order valence-corrected chi connectivity index (χ0v) is 20.2. The van der Waals surface area contributed by atoms with Crippen LogP contribution in [0.15, 0.2) is 18.3 Å². The molecule has 1 aliphatic rings. The number of aromatic nitrogens is 3. The predicted octanol–water partition coefficient (Wildman–Crippen LogP) is 2.35. The lowest BCUT2D eigenvalue weighted by Crippen LogP contribution is -2.55. The first-order valence-corrected chi connectivity index (χ1v) is 11.4. The number of nitrogens with zero attached hydrogens (tertiary/aromatic N) is 3. The summed E-state index contributed by atoms with van der Waals surface area (Å²) in [6.45, 7) is 7.64. The molecule has 0 spiro atoms. The Morgan fingerprint density at radius 1 is 1.00 bits per heavy atom. The van der Waals surface area contributed by atoms with Gasteiger partial charge in [0.05, 0.1) is 17.6 Å². The Morgan fingerprint density at radius 2 is 1.64 bits per heavy atom. The lowest BCUT2D eigenvalue weighted by molar-refractivity contribution is -0.186. The summed E-state index contributed by atoms with van der Waals surface area (Å²) < 4.78 is 24.0. The molecule has 178 valence electrons. The van der Waals surface area contributed by atoms with Gasteiger partial charge in [0.2, 0.25) is 0 Å². The van der Waals surface area contributed by atoms with E-state index in [1.165, 1.54) is 32.5 Å². The minimum atomic E-state index is -1.01. The Kier molecular flexibility index (Phi) is 7.62. The molecule has 0 aliphatic carbocycles. The number of pyridine rings is 1. The molecule has 0 radical (unpaired) electrons. The molecule has 11 heteroatoms. The molecule has 2 aromatic heterocycles. The lowest BCUT2D eigenvalue weighted by atomic mass is 10.1. The van der Waals surface area contributed by atoms with Crippen LogP contribution in [0.2, 0.25) is 0 Å². The second kappa shape index (κ2) is 10.2. The third-order valence-electron chi connectivity index (χ3n) is 5.06. The van der Waals surface area contributed by atoms with Crippen LogP contribution in [0.25, 0.3) is 11.3 Å². The number of rotatable bonds is 6. The first-order chi connectivity index (χ1) is 15.6. The second-order valence-electron chi connectivity index (χ2n) is 7.66. The molecule has 0 aromatic carbocycles. The first-order valence-electron chi connectivity index (χ1n) is 10.3. The van der Waals surface area contributed by atoms with Gasteiger partial charge in [0.25, 0.3) is 0 Å². The van der Waals surface area contributed by atoms with Gasteiger partial charge in [-0.1, -0.05) is 0 Å². The molecular formula is C22H27N3O7S. The van der Waals surface area contributed by atoms with Crippen molar-refractivity contribution in [1.82, 2.24) is 14.8 Å². The second-order valence-corrected chi connectivity index (χ2v) is 8.80. The van der Waals surface area contributed by atoms with Gasteiger partial charge in [-0.3, -0.25) is 24.0 Å². The van der Waals surface area contributed by atoms with E-state index in [2.05, 4.69) is 10.1 Å². The van der Waals surface area contributed by atoms with E-state index in [0.717, 1.165) is 22.6 Å². The van der Waals surface area contributed by atoms with Crippen molar-refractivity contribution in [2.24, 2.45) is 7.05 Å². The van der Waals surface area contributed by atoms with E-state index in [9.17, 15) is 14.4 Å². The highest BCUT2D eigenvalue weighted by Gasteiger charge is 2.47. The van der Waals surface area contributed by atoms with Crippen LogP contribution in [-0.4, -0.2) is 62.2 Å².